The summed E-state index contributed by atoms with van der Waals surface area (Å²) in [5, 5.41) is 8.37. The average molecular weight is 409 g/mol. The first-order valence-electron chi connectivity index (χ1n) is 10.4. The number of aryl methyl sites for hydroxylation is 3. The first kappa shape index (κ1) is 19.2. The van der Waals surface area contributed by atoms with Crippen molar-refractivity contribution in [3.63, 3.8) is 0 Å². The fourth-order valence-corrected chi connectivity index (χ4v) is 4.14. The lowest BCUT2D eigenvalue weighted by molar-refractivity contribution is 0.580. The average Bonchev–Trinajstić information content (AvgIpc) is 3.36. The summed E-state index contributed by atoms with van der Waals surface area (Å²) in [6.07, 6.45) is 4.61. The maximum absolute atomic E-state index is 4.69. The molecular weight excluding hydrogens is 384 g/mol. The smallest absolute Gasteiger partial charge is 0.0964 e. The number of hydrogen-bond donors (Lipinski definition) is 0. The predicted octanol–water partition coefficient (Wildman–Crippen LogP) is 4.68. The summed E-state index contributed by atoms with van der Waals surface area (Å²) in [6.45, 7) is 4.10. The predicted molar refractivity (Wildman–Crippen MR) is 122 cm³/mol. The van der Waals surface area contributed by atoms with Crippen LogP contribution in [0.2, 0.25) is 0 Å². The van der Waals surface area contributed by atoms with Gasteiger partial charge in [0.15, 0.2) is 0 Å². The molecule has 5 rings (SSSR count). The third kappa shape index (κ3) is 3.61. The minimum atomic E-state index is 0.0370. The van der Waals surface area contributed by atoms with Crippen LogP contribution in [0.25, 0.3) is 22.3 Å². The van der Waals surface area contributed by atoms with Crippen molar-refractivity contribution in [3.05, 3.63) is 95.7 Å². The van der Waals surface area contributed by atoms with Crippen LogP contribution in [0.1, 0.15) is 28.6 Å². The number of hydrogen-bond acceptors (Lipinski definition) is 4. The third-order valence-corrected chi connectivity index (χ3v) is 5.76. The minimum Gasteiger partial charge on any atom is -0.321 e. The van der Waals surface area contributed by atoms with Crippen molar-refractivity contribution in [3.8, 4) is 11.3 Å². The van der Waals surface area contributed by atoms with Gasteiger partial charge in [0.05, 0.1) is 40.5 Å². The second-order valence-electron chi connectivity index (χ2n) is 7.96. The van der Waals surface area contributed by atoms with Gasteiger partial charge in [-0.05, 0) is 50.1 Å². The SMILES string of the molecule is Cc1ccc(C[C@H](c2ccccn2)n2cnc3ccc(-c4c(C)nnn4C)cc32)cc1. The molecular formula is C25H24N6. The van der Waals surface area contributed by atoms with E-state index >= 15 is 0 Å². The molecule has 1 atom stereocenters. The Morgan fingerprint density at radius 1 is 0.935 bits per heavy atom. The van der Waals surface area contributed by atoms with Gasteiger partial charge in [-0.2, -0.15) is 0 Å². The van der Waals surface area contributed by atoms with E-state index in [-0.39, 0.29) is 6.04 Å². The molecule has 0 aliphatic carbocycles. The standard InChI is InChI=1S/C25H24N6/c1-17-7-9-19(10-8-17)14-23(21-6-4-5-13-26-21)31-16-27-22-12-11-20(15-24(22)31)25-18(2)28-29-30(25)3/h4-13,15-16,23H,14H2,1-3H3/t23-/m1/s1. The largest absolute Gasteiger partial charge is 0.321 e. The molecule has 0 saturated carbocycles. The highest BCUT2D eigenvalue weighted by Crippen LogP contribution is 2.30. The molecule has 0 N–H and O–H groups in total. The van der Waals surface area contributed by atoms with Gasteiger partial charge in [-0.15, -0.1) is 5.10 Å². The molecule has 6 heteroatoms. The maximum Gasteiger partial charge on any atom is 0.0964 e. The molecule has 3 heterocycles. The zero-order valence-corrected chi connectivity index (χ0v) is 17.9. The van der Waals surface area contributed by atoms with Gasteiger partial charge < -0.3 is 4.57 Å². The zero-order chi connectivity index (χ0) is 21.4. The van der Waals surface area contributed by atoms with Crippen LogP contribution in [-0.2, 0) is 13.5 Å². The van der Waals surface area contributed by atoms with Crippen molar-refractivity contribution in [1.82, 2.24) is 29.5 Å². The zero-order valence-electron chi connectivity index (χ0n) is 17.9. The molecule has 0 saturated heterocycles. The molecule has 31 heavy (non-hydrogen) atoms. The van der Waals surface area contributed by atoms with Crippen LogP contribution in [0.5, 0.6) is 0 Å². The van der Waals surface area contributed by atoms with E-state index in [1.54, 1.807) is 0 Å². The molecule has 0 amide bonds. The lowest BCUT2D eigenvalue weighted by Crippen LogP contribution is -2.14. The number of imidazole rings is 1. The molecule has 0 aliphatic heterocycles. The second kappa shape index (κ2) is 7.80. The third-order valence-electron chi connectivity index (χ3n) is 5.76. The van der Waals surface area contributed by atoms with Gasteiger partial charge in [0.1, 0.15) is 0 Å². The molecule has 154 valence electrons. The van der Waals surface area contributed by atoms with Gasteiger partial charge in [-0.25, -0.2) is 9.67 Å². The summed E-state index contributed by atoms with van der Waals surface area (Å²) in [4.78, 5) is 9.37. The normalized spacial score (nSPS) is 12.4. The Labute approximate surface area is 181 Å². The molecule has 0 radical (unpaired) electrons. The van der Waals surface area contributed by atoms with Gasteiger partial charge in [-0.1, -0.05) is 47.2 Å². The van der Waals surface area contributed by atoms with Gasteiger partial charge in [-0.3, -0.25) is 4.98 Å². The van der Waals surface area contributed by atoms with Crippen LogP contribution >= 0.6 is 0 Å². The van der Waals surface area contributed by atoms with E-state index in [1.807, 2.05) is 43.3 Å². The highest BCUT2D eigenvalue weighted by atomic mass is 15.4. The number of rotatable bonds is 5. The molecule has 0 spiro atoms. The van der Waals surface area contributed by atoms with E-state index in [0.717, 1.165) is 40.1 Å². The van der Waals surface area contributed by atoms with Crippen molar-refractivity contribution in [2.45, 2.75) is 26.3 Å². The van der Waals surface area contributed by atoms with Crippen molar-refractivity contribution in [2.75, 3.05) is 0 Å². The quantitative estimate of drug-likeness (QED) is 0.424. The molecule has 5 aromatic rings. The van der Waals surface area contributed by atoms with Crippen molar-refractivity contribution >= 4 is 11.0 Å². The number of aromatic nitrogens is 6. The molecule has 6 nitrogen and oxygen atoms in total. The van der Waals surface area contributed by atoms with Crippen LogP contribution in [-0.4, -0.2) is 29.5 Å². The number of pyridine rings is 1. The van der Waals surface area contributed by atoms with E-state index in [1.165, 1.54) is 11.1 Å². The van der Waals surface area contributed by atoms with Crippen LogP contribution in [0.4, 0.5) is 0 Å². The molecule has 0 bridgehead atoms. The first-order chi connectivity index (χ1) is 15.1. The summed E-state index contributed by atoms with van der Waals surface area (Å²) < 4.78 is 4.06. The number of benzene rings is 2. The van der Waals surface area contributed by atoms with Crippen LogP contribution < -0.4 is 0 Å². The molecule has 3 aromatic heterocycles. The number of nitrogens with zero attached hydrogens (tertiary/aromatic N) is 6. The highest BCUT2D eigenvalue weighted by molar-refractivity contribution is 5.82. The highest BCUT2D eigenvalue weighted by Gasteiger charge is 2.19. The van der Waals surface area contributed by atoms with Crippen LogP contribution in [0, 0.1) is 13.8 Å². The Kier molecular flexibility index (Phi) is 4.82. The summed E-state index contributed by atoms with van der Waals surface area (Å²) in [5.74, 6) is 0. The van der Waals surface area contributed by atoms with Gasteiger partial charge in [0, 0.05) is 18.8 Å². The van der Waals surface area contributed by atoms with Crippen molar-refractivity contribution in [2.24, 2.45) is 7.05 Å². The van der Waals surface area contributed by atoms with E-state index in [2.05, 4.69) is 80.3 Å². The second-order valence-corrected chi connectivity index (χ2v) is 7.96. The van der Waals surface area contributed by atoms with Crippen molar-refractivity contribution in [1.29, 1.82) is 0 Å². The molecule has 0 aliphatic rings. The number of fused-ring (bicyclic) bond motifs is 1. The van der Waals surface area contributed by atoms with Gasteiger partial charge in [0.2, 0.25) is 0 Å². The van der Waals surface area contributed by atoms with E-state index in [9.17, 15) is 0 Å². The van der Waals surface area contributed by atoms with Gasteiger partial charge >= 0.3 is 0 Å². The fraction of sp³-hybridized carbons (Fsp3) is 0.200. The Balaban J connectivity index is 1.64. The van der Waals surface area contributed by atoms with Gasteiger partial charge in [0.25, 0.3) is 0 Å². The summed E-state index contributed by atoms with van der Waals surface area (Å²) in [7, 11) is 1.92. The molecule has 2 aromatic carbocycles. The van der Waals surface area contributed by atoms with Crippen LogP contribution in [0.3, 0.4) is 0 Å². The van der Waals surface area contributed by atoms with Crippen molar-refractivity contribution < 1.29 is 0 Å². The Morgan fingerprint density at radius 3 is 2.48 bits per heavy atom. The van der Waals surface area contributed by atoms with E-state index in [0.29, 0.717) is 0 Å². The Hall–Kier alpha value is -3.80. The minimum absolute atomic E-state index is 0.0370. The summed E-state index contributed by atoms with van der Waals surface area (Å²) in [5.41, 5.74) is 8.58. The molecule has 0 unspecified atom stereocenters. The lowest BCUT2D eigenvalue weighted by atomic mass is 10.0. The molecule has 0 fully saturated rings. The summed E-state index contributed by atoms with van der Waals surface area (Å²) >= 11 is 0. The topological polar surface area (TPSA) is 61.4 Å². The van der Waals surface area contributed by atoms with E-state index < -0.39 is 0 Å². The lowest BCUT2D eigenvalue weighted by Gasteiger charge is -2.20. The first-order valence-corrected chi connectivity index (χ1v) is 10.4. The Morgan fingerprint density at radius 2 is 1.77 bits per heavy atom. The maximum atomic E-state index is 4.69. The fourth-order valence-electron chi connectivity index (χ4n) is 4.14. The monoisotopic (exact) mass is 408 g/mol. The Bertz CT molecular complexity index is 1310. The summed E-state index contributed by atoms with van der Waals surface area (Å²) in [6, 6.07) is 21.2. The van der Waals surface area contributed by atoms with Crippen LogP contribution in [0.15, 0.2) is 73.2 Å². The van der Waals surface area contributed by atoms with E-state index in [4.69, 9.17) is 0 Å².